The normalized spacial score (nSPS) is 10.5. The molecule has 0 aliphatic carbocycles. The van der Waals surface area contributed by atoms with Gasteiger partial charge >= 0.3 is 5.97 Å². The van der Waals surface area contributed by atoms with E-state index in [2.05, 4.69) is 4.98 Å². The highest BCUT2D eigenvalue weighted by Crippen LogP contribution is 2.21. The highest BCUT2D eigenvalue weighted by molar-refractivity contribution is 5.85. The molecule has 1 heterocycles. The summed E-state index contributed by atoms with van der Waals surface area (Å²) in [5.74, 6) is -0.940. The number of halogens is 1. The molecule has 19 heavy (non-hydrogen) atoms. The highest BCUT2D eigenvalue weighted by atomic mass is 19.1. The average molecular weight is 264 g/mol. The van der Waals surface area contributed by atoms with Crippen molar-refractivity contribution in [1.82, 2.24) is 9.55 Å². The first-order valence-electron chi connectivity index (χ1n) is 5.61. The topological polar surface area (TPSA) is 64.3 Å². The Bertz CT molecular complexity index is 622. The van der Waals surface area contributed by atoms with Gasteiger partial charge in [-0.2, -0.15) is 0 Å². The molecular weight excluding hydrogens is 251 g/mol. The Labute approximate surface area is 109 Å². The predicted octanol–water partition coefficient (Wildman–Crippen LogP) is 2.09. The Morgan fingerprint density at radius 3 is 2.89 bits per heavy atom. The van der Waals surface area contributed by atoms with Gasteiger partial charge in [-0.05, 0) is 13.0 Å². The summed E-state index contributed by atoms with van der Waals surface area (Å²) < 4.78 is 20.4. The monoisotopic (exact) mass is 264 g/mol. The number of nitrogens with zero attached hydrogens (tertiary/aromatic N) is 2. The summed E-state index contributed by atoms with van der Waals surface area (Å²) in [7, 11) is 1.38. The fourth-order valence-corrected chi connectivity index (χ4v) is 1.84. The standard InChI is InChI=1S/C13H13FN2O3/c1-8-15-6-10(13(17)18)16(8)7-9-4-3-5-11(19-2)12(9)14/h3-6H,7H2,1-2H3,(H,17,18). The first kappa shape index (κ1) is 13.1. The van der Waals surface area contributed by atoms with Crippen molar-refractivity contribution in [2.24, 2.45) is 0 Å². The number of carboxylic acid groups (broad SMARTS) is 1. The largest absolute Gasteiger partial charge is 0.494 e. The van der Waals surface area contributed by atoms with Gasteiger partial charge in [0.05, 0.1) is 19.9 Å². The van der Waals surface area contributed by atoms with E-state index in [1.54, 1.807) is 19.1 Å². The number of benzene rings is 1. The van der Waals surface area contributed by atoms with Crippen LogP contribution in [0.15, 0.2) is 24.4 Å². The van der Waals surface area contributed by atoms with Crippen molar-refractivity contribution in [2.45, 2.75) is 13.5 Å². The molecule has 0 aliphatic heterocycles. The third kappa shape index (κ3) is 2.42. The third-order valence-electron chi connectivity index (χ3n) is 2.87. The van der Waals surface area contributed by atoms with Crippen molar-refractivity contribution in [2.75, 3.05) is 7.11 Å². The van der Waals surface area contributed by atoms with E-state index in [4.69, 9.17) is 9.84 Å². The Morgan fingerprint density at radius 2 is 2.26 bits per heavy atom. The van der Waals surface area contributed by atoms with E-state index in [0.29, 0.717) is 11.4 Å². The molecule has 0 radical (unpaired) electrons. The van der Waals surface area contributed by atoms with Crippen LogP contribution in [0.1, 0.15) is 21.9 Å². The van der Waals surface area contributed by atoms with Gasteiger partial charge in [-0.15, -0.1) is 0 Å². The quantitative estimate of drug-likeness (QED) is 0.918. The van der Waals surface area contributed by atoms with Gasteiger partial charge < -0.3 is 14.4 Å². The number of ether oxygens (including phenoxy) is 1. The van der Waals surface area contributed by atoms with Crippen molar-refractivity contribution < 1.29 is 19.0 Å². The maximum atomic E-state index is 14.0. The summed E-state index contributed by atoms with van der Waals surface area (Å²) in [5, 5.41) is 9.05. The minimum absolute atomic E-state index is 0.0275. The van der Waals surface area contributed by atoms with Crippen LogP contribution in [0.5, 0.6) is 5.75 Å². The average Bonchev–Trinajstić information content (AvgIpc) is 2.74. The maximum absolute atomic E-state index is 14.0. The van der Waals surface area contributed by atoms with E-state index in [0.717, 1.165) is 0 Å². The van der Waals surface area contributed by atoms with Gasteiger partial charge in [-0.1, -0.05) is 12.1 Å². The maximum Gasteiger partial charge on any atom is 0.354 e. The molecule has 0 spiro atoms. The lowest BCUT2D eigenvalue weighted by atomic mass is 10.2. The zero-order valence-electron chi connectivity index (χ0n) is 10.6. The Balaban J connectivity index is 2.42. The van der Waals surface area contributed by atoms with Gasteiger partial charge in [0.1, 0.15) is 11.5 Å². The second-order valence-electron chi connectivity index (χ2n) is 4.02. The van der Waals surface area contributed by atoms with Crippen molar-refractivity contribution in [3.05, 3.63) is 47.3 Å². The molecular formula is C13H13FN2O3. The molecule has 0 fully saturated rings. The number of carboxylic acids is 1. The molecule has 1 aromatic heterocycles. The van der Waals surface area contributed by atoms with Crippen LogP contribution in [0.25, 0.3) is 0 Å². The lowest BCUT2D eigenvalue weighted by Crippen LogP contribution is -2.12. The molecule has 100 valence electrons. The number of imidazole rings is 1. The lowest BCUT2D eigenvalue weighted by molar-refractivity contribution is 0.0685. The fraction of sp³-hybridized carbons (Fsp3) is 0.231. The van der Waals surface area contributed by atoms with Gasteiger partial charge in [-0.25, -0.2) is 14.2 Å². The molecule has 0 atom stereocenters. The number of carbonyl (C=O) groups is 1. The zero-order valence-corrected chi connectivity index (χ0v) is 10.6. The number of aromatic carboxylic acids is 1. The second kappa shape index (κ2) is 5.09. The molecule has 1 aromatic carbocycles. The molecule has 2 aromatic rings. The predicted molar refractivity (Wildman–Crippen MR) is 66.0 cm³/mol. The summed E-state index contributed by atoms with van der Waals surface area (Å²) in [4.78, 5) is 15.0. The van der Waals surface area contributed by atoms with Gasteiger partial charge in [0.25, 0.3) is 0 Å². The van der Waals surface area contributed by atoms with E-state index in [1.165, 1.54) is 23.9 Å². The fourth-order valence-electron chi connectivity index (χ4n) is 1.84. The molecule has 6 heteroatoms. The van der Waals surface area contributed by atoms with Gasteiger partial charge in [0.2, 0.25) is 0 Å². The van der Waals surface area contributed by atoms with Crippen LogP contribution in [-0.4, -0.2) is 27.7 Å². The number of hydrogen-bond donors (Lipinski definition) is 1. The Hall–Kier alpha value is -2.37. The number of aromatic nitrogens is 2. The van der Waals surface area contributed by atoms with E-state index in [1.807, 2.05) is 0 Å². The Morgan fingerprint density at radius 1 is 1.53 bits per heavy atom. The minimum atomic E-state index is -1.09. The van der Waals surface area contributed by atoms with Crippen molar-refractivity contribution in [1.29, 1.82) is 0 Å². The van der Waals surface area contributed by atoms with Crippen LogP contribution in [0, 0.1) is 12.7 Å². The molecule has 0 saturated heterocycles. The van der Waals surface area contributed by atoms with Crippen LogP contribution >= 0.6 is 0 Å². The van der Waals surface area contributed by atoms with Crippen LogP contribution in [0.3, 0.4) is 0 Å². The first-order valence-corrected chi connectivity index (χ1v) is 5.61. The van der Waals surface area contributed by atoms with E-state index < -0.39 is 11.8 Å². The molecule has 0 unspecified atom stereocenters. The number of methoxy groups -OCH3 is 1. The SMILES string of the molecule is COc1cccc(Cn2c(C(=O)O)cnc2C)c1F. The van der Waals surface area contributed by atoms with Crippen molar-refractivity contribution in [3.63, 3.8) is 0 Å². The smallest absolute Gasteiger partial charge is 0.354 e. The zero-order chi connectivity index (χ0) is 14.0. The van der Waals surface area contributed by atoms with E-state index in [-0.39, 0.29) is 18.0 Å². The minimum Gasteiger partial charge on any atom is -0.494 e. The number of aryl methyl sites for hydroxylation is 1. The molecule has 5 nitrogen and oxygen atoms in total. The molecule has 0 bridgehead atoms. The van der Waals surface area contributed by atoms with Gasteiger partial charge in [0.15, 0.2) is 11.6 Å². The molecule has 0 saturated carbocycles. The summed E-state index contributed by atoms with van der Waals surface area (Å²) in [6.45, 7) is 1.76. The van der Waals surface area contributed by atoms with Crippen LogP contribution in [-0.2, 0) is 6.54 Å². The van der Waals surface area contributed by atoms with Gasteiger partial charge in [-0.3, -0.25) is 0 Å². The van der Waals surface area contributed by atoms with Crippen LogP contribution < -0.4 is 4.74 Å². The third-order valence-corrected chi connectivity index (χ3v) is 2.87. The number of hydrogen-bond acceptors (Lipinski definition) is 3. The van der Waals surface area contributed by atoms with Crippen molar-refractivity contribution in [3.8, 4) is 5.75 Å². The van der Waals surface area contributed by atoms with Gasteiger partial charge in [0, 0.05) is 5.56 Å². The Kier molecular flexibility index (Phi) is 3.50. The number of rotatable bonds is 4. The molecule has 1 N–H and O–H groups in total. The molecule has 2 rings (SSSR count). The summed E-state index contributed by atoms with van der Waals surface area (Å²) in [6, 6.07) is 4.75. The molecule has 0 aliphatic rings. The second-order valence-corrected chi connectivity index (χ2v) is 4.02. The lowest BCUT2D eigenvalue weighted by Gasteiger charge is -2.10. The molecule has 0 amide bonds. The first-order chi connectivity index (χ1) is 9.04. The highest BCUT2D eigenvalue weighted by Gasteiger charge is 2.16. The van der Waals surface area contributed by atoms with Crippen LogP contribution in [0.2, 0.25) is 0 Å². The van der Waals surface area contributed by atoms with E-state index >= 15 is 0 Å². The summed E-state index contributed by atoms with van der Waals surface area (Å²) in [5.41, 5.74) is 0.377. The summed E-state index contributed by atoms with van der Waals surface area (Å²) in [6.07, 6.45) is 1.26. The van der Waals surface area contributed by atoms with Crippen LogP contribution in [0.4, 0.5) is 4.39 Å². The van der Waals surface area contributed by atoms with E-state index in [9.17, 15) is 9.18 Å². The van der Waals surface area contributed by atoms with Crippen molar-refractivity contribution >= 4 is 5.97 Å². The summed E-state index contributed by atoms with van der Waals surface area (Å²) >= 11 is 0.